The van der Waals surface area contributed by atoms with Crippen LogP contribution in [0, 0.1) is 0 Å². The van der Waals surface area contributed by atoms with Crippen LogP contribution in [0.5, 0.6) is 0 Å². The zero-order valence-electron chi connectivity index (χ0n) is 12.8. The normalized spacial score (nSPS) is 10.2. The lowest BCUT2D eigenvalue weighted by Gasteiger charge is -2.07. The van der Waals surface area contributed by atoms with E-state index in [0.717, 1.165) is 5.56 Å². The molecule has 1 aromatic heterocycles. The molecule has 1 aromatic carbocycles. The number of carbonyl (C=O) groups is 2. The number of nitrogens with one attached hydrogen (secondary N) is 3. The average Bonchev–Trinajstić information content (AvgIpc) is 2.58. The molecule has 0 fully saturated rings. The molecule has 24 heavy (non-hydrogen) atoms. The Labute approximate surface area is 143 Å². The average molecular weight is 349 g/mol. The van der Waals surface area contributed by atoms with Gasteiger partial charge in [0.2, 0.25) is 5.91 Å². The molecule has 0 saturated heterocycles. The van der Waals surface area contributed by atoms with Gasteiger partial charge < -0.3 is 10.6 Å². The molecule has 0 bridgehead atoms. The maximum Gasteiger partial charge on any atom is 0.271 e. The van der Waals surface area contributed by atoms with Gasteiger partial charge in [0.1, 0.15) is 5.69 Å². The number of aromatic amines is 1. The number of benzene rings is 1. The van der Waals surface area contributed by atoms with Crippen LogP contribution in [0.4, 0.5) is 0 Å². The molecule has 0 spiro atoms. The summed E-state index contributed by atoms with van der Waals surface area (Å²) in [7, 11) is 0. The Hall–Kier alpha value is -2.67. The van der Waals surface area contributed by atoms with Crippen LogP contribution >= 0.6 is 11.6 Å². The molecule has 126 valence electrons. The lowest BCUT2D eigenvalue weighted by atomic mass is 10.1. The van der Waals surface area contributed by atoms with Gasteiger partial charge in [0.05, 0.1) is 0 Å². The van der Waals surface area contributed by atoms with Crippen LogP contribution in [0.25, 0.3) is 0 Å². The molecule has 0 unspecified atom stereocenters. The Balaban J connectivity index is 1.63. The van der Waals surface area contributed by atoms with E-state index in [0.29, 0.717) is 24.4 Å². The van der Waals surface area contributed by atoms with Gasteiger partial charge in [0.25, 0.3) is 11.5 Å². The van der Waals surface area contributed by atoms with Gasteiger partial charge in [0.15, 0.2) is 0 Å². The van der Waals surface area contributed by atoms with Gasteiger partial charge in [-0.3, -0.25) is 14.4 Å². The van der Waals surface area contributed by atoms with E-state index in [1.165, 1.54) is 12.1 Å². The second kappa shape index (κ2) is 8.83. The lowest BCUT2D eigenvalue weighted by molar-refractivity contribution is -0.121. The minimum atomic E-state index is -0.415. The van der Waals surface area contributed by atoms with Gasteiger partial charge in [0, 0.05) is 30.6 Å². The molecule has 0 radical (unpaired) electrons. The number of hydrogen-bond acceptors (Lipinski definition) is 4. The molecule has 0 atom stereocenters. The Morgan fingerprint density at radius 2 is 1.75 bits per heavy atom. The van der Waals surface area contributed by atoms with Crippen molar-refractivity contribution < 1.29 is 9.59 Å². The smallest absolute Gasteiger partial charge is 0.271 e. The van der Waals surface area contributed by atoms with Crippen LogP contribution in [-0.4, -0.2) is 35.1 Å². The fourth-order valence-corrected chi connectivity index (χ4v) is 2.06. The standard InChI is InChI=1S/C16H17ClN4O3/c17-12-4-1-11(2-5-12)3-7-14(22)18-9-10-19-16(24)13-6-8-15(23)21-20-13/h1-2,4-6,8H,3,7,9-10H2,(H,18,22)(H,19,24)(H,21,23). The van der Waals surface area contributed by atoms with E-state index in [1.807, 2.05) is 12.1 Å². The first-order valence-electron chi connectivity index (χ1n) is 7.39. The Morgan fingerprint density at radius 3 is 2.42 bits per heavy atom. The highest BCUT2D eigenvalue weighted by atomic mass is 35.5. The number of amides is 2. The molecule has 0 saturated carbocycles. The van der Waals surface area contributed by atoms with E-state index in [-0.39, 0.29) is 23.7 Å². The van der Waals surface area contributed by atoms with Gasteiger partial charge in [-0.05, 0) is 30.2 Å². The molecule has 2 aromatic rings. The molecule has 3 N–H and O–H groups in total. The quantitative estimate of drug-likeness (QED) is 0.647. The molecule has 7 nitrogen and oxygen atoms in total. The zero-order chi connectivity index (χ0) is 17.4. The van der Waals surface area contributed by atoms with Gasteiger partial charge in [-0.2, -0.15) is 5.10 Å². The maximum atomic E-state index is 11.7. The third-order valence-corrected chi connectivity index (χ3v) is 3.45. The lowest BCUT2D eigenvalue weighted by Crippen LogP contribution is -2.35. The molecule has 0 aliphatic rings. The number of rotatable bonds is 7. The highest BCUT2D eigenvalue weighted by Crippen LogP contribution is 2.10. The fraction of sp³-hybridized carbons (Fsp3) is 0.250. The van der Waals surface area contributed by atoms with Crippen LogP contribution in [0.15, 0.2) is 41.2 Å². The number of H-pyrrole nitrogens is 1. The Bertz CT molecular complexity index is 738. The molecule has 2 rings (SSSR count). The van der Waals surface area contributed by atoms with Gasteiger partial charge in [-0.1, -0.05) is 23.7 Å². The molecule has 0 aliphatic carbocycles. The second-order valence-corrected chi connectivity index (χ2v) is 5.48. The van der Waals surface area contributed by atoms with Crippen molar-refractivity contribution in [2.24, 2.45) is 0 Å². The highest BCUT2D eigenvalue weighted by molar-refractivity contribution is 6.30. The number of halogens is 1. The second-order valence-electron chi connectivity index (χ2n) is 5.04. The van der Waals surface area contributed by atoms with Crippen LogP contribution in [0.1, 0.15) is 22.5 Å². The summed E-state index contributed by atoms with van der Waals surface area (Å²) in [6.07, 6.45) is 0.980. The van der Waals surface area contributed by atoms with Crippen molar-refractivity contribution in [3.63, 3.8) is 0 Å². The van der Waals surface area contributed by atoms with Crippen LogP contribution < -0.4 is 16.2 Å². The molecule has 0 aliphatic heterocycles. The van der Waals surface area contributed by atoms with E-state index >= 15 is 0 Å². The summed E-state index contributed by atoms with van der Waals surface area (Å²) in [6.45, 7) is 0.584. The first kappa shape index (κ1) is 17.7. The summed E-state index contributed by atoms with van der Waals surface area (Å²) in [6, 6.07) is 9.89. The van der Waals surface area contributed by atoms with E-state index in [2.05, 4.69) is 20.8 Å². The third-order valence-electron chi connectivity index (χ3n) is 3.20. The highest BCUT2D eigenvalue weighted by Gasteiger charge is 2.07. The minimum Gasteiger partial charge on any atom is -0.354 e. The molecular weight excluding hydrogens is 332 g/mol. The monoisotopic (exact) mass is 348 g/mol. The van der Waals surface area contributed by atoms with E-state index in [1.54, 1.807) is 12.1 Å². The predicted molar refractivity (Wildman–Crippen MR) is 90.0 cm³/mol. The number of hydrogen-bond donors (Lipinski definition) is 3. The first-order chi connectivity index (χ1) is 11.5. The van der Waals surface area contributed by atoms with Crippen LogP contribution in [-0.2, 0) is 11.2 Å². The van der Waals surface area contributed by atoms with Crippen LogP contribution in [0.2, 0.25) is 5.02 Å². The molecular formula is C16H17ClN4O3. The number of nitrogens with zero attached hydrogens (tertiary/aromatic N) is 1. The molecule has 1 heterocycles. The third kappa shape index (κ3) is 5.85. The van der Waals surface area contributed by atoms with Gasteiger partial charge in [-0.15, -0.1) is 0 Å². The van der Waals surface area contributed by atoms with Crippen molar-refractivity contribution >= 4 is 23.4 Å². The largest absolute Gasteiger partial charge is 0.354 e. The van der Waals surface area contributed by atoms with Crippen molar-refractivity contribution in [3.05, 3.63) is 63.0 Å². The van der Waals surface area contributed by atoms with Crippen molar-refractivity contribution in [1.82, 2.24) is 20.8 Å². The zero-order valence-corrected chi connectivity index (χ0v) is 13.6. The fourth-order valence-electron chi connectivity index (χ4n) is 1.94. The minimum absolute atomic E-state index is 0.0960. The van der Waals surface area contributed by atoms with E-state index in [4.69, 9.17) is 11.6 Å². The number of aryl methyl sites for hydroxylation is 1. The van der Waals surface area contributed by atoms with Crippen molar-refractivity contribution in [2.45, 2.75) is 12.8 Å². The summed E-state index contributed by atoms with van der Waals surface area (Å²) in [5.74, 6) is -0.511. The number of aromatic nitrogens is 2. The predicted octanol–water partition coefficient (Wildman–Crippen LogP) is 0.902. The van der Waals surface area contributed by atoms with Gasteiger partial charge in [-0.25, -0.2) is 5.10 Å². The topological polar surface area (TPSA) is 104 Å². The van der Waals surface area contributed by atoms with Gasteiger partial charge >= 0.3 is 0 Å². The van der Waals surface area contributed by atoms with Crippen molar-refractivity contribution in [1.29, 1.82) is 0 Å². The maximum absolute atomic E-state index is 11.7. The SMILES string of the molecule is O=C(CCc1ccc(Cl)cc1)NCCNC(=O)c1ccc(=O)[nH]n1. The Kier molecular flexibility index (Phi) is 6.51. The van der Waals surface area contributed by atoms with E-state index in [9.17, 15) is 14.4 Å². The summed E-state index contributed by atoms with van der Waals surface area (Å²) in [5, 5.41) is 11.8. The molecule has 8 heteroatoms. The van der Waals surface area contributed by atoms with E-state index < -0.39 is 5.91 Å². The summed E-state index contributed by atoms with van der Waals surface area (Å²) >= 11 is 5.80. The van der Waals surface area contributed by atoms with Crippen molar-refractivity contribution in [3.8, 4) is 0 Å². The summed E-state index contributed by atoms with van der Waals surface area (Å²) < 4.78 is 0. The summed E-state index contributed by atoms with van der Waals surface area (Å²) in [4.78, 5) is 34.3. The molecule has 2 amide bonds. The number of carbonyl (C=O) groups excluding carboxylic acids is 2. The van der Waals surface area contributed by atoms with Crippen molar-refractivity contribution in [2.75, 3.05) is 13.1 Å². The Morgan fingerprint density at radius 1 is 1.04 bits per heavy atom. The van der Waals surface area contributed by atoms with Crippen LogP contribution in [0.3, 0.4) is 0 Å². The first-order valence-corrected chi connectivity index (χ1v) is 7.77. The summed E-state index contributed by atoms with van der Waals surface area (Å²) in [5.41, 5.74) is 0.773.